The number of carbonyl (C=O) groups is 2. The van der Waals surface area contributed by atoms with Gasteiger partial charge in [0.15, 0.2) is 0 Å². The Morgan fingerprint density at radius 1 is 1.21 bits per heavy atom. The van der Waals surface area contributed by atoms with Gasteiger partial charge in [0.1, 0.15) is 0 Å². The number of nitrogens with zero attached hydrogens (tertiary/aromatic N) is 3. The van der Waals surface area contributed by atoms with Crippen LogP contribution < -0.4 is 10.6 Å². The highest BCUT2D eigenvalue weighted by Crippen LogP contribution is 2.24. The summed E-state index contributed by atoms with van der Waals surface area (Å²) in [7, 11) is 1.69. The molecule has 1 aromatic rings. The molecule has 3 heterocycles. The number of rotatable bonds is 7. The lowest BCUT2D eigenvalue weighted by Gasteiger charge is -2.42. The molecule has 7 nitrogen and oxygen atoms in total. The number of piperidine rings is 2. The van der Waals surface area contributed by atoms with E-state index < -0.39 is 0 Å². The maximum Gasteiger partial charge on any atom is 0.224 e. The first kappa shape index (κ1) is 20.7. The third kappa shape index (κ3) is 6.01. The van der Waals surface area contributed by atoms with E-state index in [0.717, 1.165) is 64.0 Å². The molecular weight excluding hydrogens is 354 g/mol. The molecule has 0 aromatic carbocycles. The van der Waals surface area contributed by atoms with Gasteiger partial charge in [0.2, 0.25) is 11.8 Å². The van der Waals surface area contributed by atoms with Crippen molar-refractivity contribution in [3.8, 4) is 0 Å². The van der Waals surface area contributed by atoms with E-state index in [1.165, 1.54) is 0 Å². The summed E-state index contributed by atoms with van der Waals surface area (Å²) in [4.78, 5) is 33.0. The highest BCUT2D eigenvalue weighted by Gasteiger charge is 2.31. The summed E-state index contributed by atoms with van der Waals surface area (Å²) in [6, 6.07) is 4.44. The smallest absolute Gasteiger partial charge is 0.224 e. The summed E-state index contributed by atoms with van der Waals surface area (Å²) < 4.78 is 0. The first-order valence-corrected chi connectivity index (χ1v) is 10.5. The Bertz CT molecular complexity index is 631. The number of aromatic nitrogens is 1. The van der Waals surface area contributed by atoms with Gasteiger partial charge in [0.05, 0.1) is 5.92 Å². The summed E-state index contributed by atoms with van der Waals surface area (Å²) in [5.74, 6) is 0.353. The van der Waals surface area contributed by atoms with Gasteiger partial charge in [0, 0.05) is 51.5 Å². The van der Waals surface area contributed by atoms with E-state index in [9.17, 15) is 9.59 Å². The Kier molecular flexibility index (Phi) is 7.80. The monoisotopic (exact) mass is 387 g/mol. The molecule has 2 fully saturated rings. The largest absolute Gasteiger partial charge is 0.359 e. The molecular formula is C21H33N5O2. The molecule has 2 aliphatic heterocycles. The van der Waals surface area contributed by atoms with E-state index >= 15 is 0 Å². The topological polar surface area (TPSA) is 77.6 Å². The van der Waals surface area contributed by atoms with Gasteiger partial charge in [-0.2, -0.15) is 0 Å². The minimum absolute atomic E-state index is 0.0803. The molecule has 0 bridgehead atoms. The maximum atomic E-state index is 12.6. The lowest BCUT2D eigenvalue weighted by molar-refractivity contribution is -0.127. The molecule has 3 rings (SSSR count). The first-order valence-electron chi connectivity index (χ1n) is 10.5. The van der Waals surface area contributed by atoms with Crippen LogP contribution in [0.25, 0.3) is 0 Å². The van der Waals surface area contributed by atoms with E-state index in [1.807, 2.05) is 12.1 Å². The molecule has 1 unspecified atom stereocenters. The van der Waals surface area contributed by atoms with E-state index in [2.05, 4.69) is 25.4 Å². The molecule has 0 saturated carbocycles. The molecule has 0 aliphatic carbocycles. The van der Waals surface area contributed by atoms with Crippen LogP contribution in [-0.4, -0.2) is 72.4 Å². The fourth-order valence-electron chi connectivity index (χ4n) is 4.28. The minimum Gasteiger partial charge on any atom is -0.359 e. The zero-order chi connectivity index (χ0) is 19.8. The number of carbonyl (C=O) groups excluding carboxylic acids is 2. The molecule has 7 heteroatoms. The summed E-state index contributed by atoms with van der Waals surface area (Å²) in [5.41, 5.74) is 1.03. The van der Waals surface area contributed by atoms with Crippen molar-refractivity contribution in [2.24, 2.45) is 5.92 Å². The third-order valence-electron chi connectivity index (χ3n) is 6.02. The van der Waals surface area contributed by atoms with Crippen LogP contribution in [0.2, 0.25) is 0 Å². The molecule has 1 atom stereocenters. The zero-order valence-corrected chi connectivity index (χ0v) is 16.9. The molecule has 154 valence electrons. The Morgan fingerprint density at radius 2 is 2.04 bits per heavy atom. The number of nitrogens with one attached hydrogen (secondary N) is 2. The maximum absolute atomic E-state index is 12.6. The molecule has 28 heavy (non-hydrogen) atoms. The van der Waals surface area contributed by atoms with Crippen molar-refractivity contribution < 1.29 is 9.59 Å². The predicted molar refractivity (Wildman–Crippen MR) is 109 cm³/mol. The lowest BCUT2D eigenvalue weighted by atomic mass is 9.93. The van der Waals surface area contributed by atoms with E-state index in [0.29, 0.717) is 19.0 Å². The van der Waals surface area contributed by atoms with Crippen LogP contribution in [-0.2, 0) is 16.1 Å². The lowest BCUT2D eigenvalue weighted by Crippen LogP contribution is -2.51. The quantitative estimate of drug-likeness (QED) is 0.730. The van der Waals surface area contributed by atoms with Gasteiger partial charge in [0.25, 0.3) is 0 Å². The molecule has 2 N–H and O–H groups in total. The predicted octanol–water partition coefficient (Wildman–Crippen LogP) is 1.01. The minimum atomic E-state index is 0.0803. The molecule has 2 aliphatic rings. The van der Waals surface area contributed by atoms with Crippen molar-refractivity contribution in [1.29, 1.82) is 0 Å². The molecule has 2 saturated heterocycles. The molecule has 0 spiro atoms. The summed E-state index contributed by atoms with van der Waals surface area (Å²) in [6.45, 7) is 5.42. The van der Waals surface area contributed by atoms with Crippen LogP contribution in [0, 0.1) is 5.92 Å². The Morgan fingerprint density at radius 3 is 2.75 bits per heavy atom. The van der Waals surface area contributed by atoms with Crippen molar-refractivity contribution >= 4 is 11.8 Å². The first-order chi connectivity index (χ1) is 13.7. The SMILES string of the molecule is CNC(=O)CCN1CCC(N2CCCC(C(=O)NCc3cccnc3)C2)CC1. The normalized spacial score (nSPS) is 22.0. The zero-order valence-electron chi connectivity index (χ0n) is 16.9. The van der Waals surface area contributed by atoms with Crippen LogP contribution in [0.1, 0.15) is 37.7 Å². The van der Waals surface area contributed by atoms with Gasteiger partial charge < -0.3 is 15.5 Å². The third-order valence-corrected chi connectivity index (χ3v) is 6.02. The van der Waals surface area contributed by atoms with Gasteiger partial charge in [-0.3, -0.25) is 19.5 Å². The molecule has 1 aromatic heterocycles. The Labute approximate surface area is 167 Å². The van der Waals surface area contributed by atoms with E-state index in [4.69, 9.17) is 0 Å². The fourth-order valence-corrected chi connectivity index (χ4v) is 4.28. The van der Waals surface area contributed by atoms with Crippen LogP contribution in [0.15, 0.2) is 24.5 Å². The summed E-state index contributed by atoms with van der Waals surface area (Å²) in [5, 5.41) is 5.77. The van der Waals surface area contributed by atoms with Gasteiger partial charge in [-0.25, -0.2) is 0 Å². The van der Waals surface area contributed by atoms with Crippen LogP contribution >= 0.6 is 0 Å². The van der Waals surface area contributed by atoms with Gasteiger partial charge in [-0.1, -0.05) is 6.07 Å². The van der Waals surface area contributed by atoms with E-state index in [1.54, 1.807) is 19.4 Å². The average Bonchev–Trinajstić information content (AvgIpc) is 2.77. The standard InChI is InChI=1S/C21H33N5O2/c1-22-20(27)8-13-25-11-6-19(7-12-25)26-10-3-5-18(16-26)21(28)24-15-17-4-2-9-23-14-17/h2,4,9,14,18-19H,3,5-8,10-13,15-16H2,1H3,(H,22,27)(H,24,28). The fraction of sp³-hybridized carbons (Fsp3) is 0.667. The second-order valence-electron chi connectivity index (χ2n) is 7.91. The van der Waals surface area contributed by atoms with E-state index in [-0.39, 0.29) is 17.7 Å². The van der Waals surface area contributed by atoms with Crippen molar-refractivity contribution in [2.75, 3.05) is 39.8 Å². The summed E-state index contributed by atoms with van der Waals surface area (Å²) >= 11 is 0. The highest BCUT2D eigenvalue weighted by molar-refractivity contribution is 5.79. The van der Waals surface area contributed by atoms with Crippen molar-refractivity contribution in [1.82, 2.24) is 25.4 Å². The highest BCUT2D eigenvalue weighted by atomic mass is 16.2. The second-order valence-corrected chi connectivity index (χ2v) is 7.91. The second kappa shape index (κ2) is 10.5. The summed E-state index contributed by atoms with van der Waals surface area (Å²) in [6.07, 6.45) is 8.42. The number of hydrogen-bond acceptors (Lipinski definition) is 5. The van der Waals surface area contributed by atoms with Crippen LogP contribution in [0.5, 0.6) is 0 Å². The Hall–Kier alpha value is -1.99. The molecule has 2 amide bonds. The van der Waals surface area contributed by atoms with Gasteiger partial charge in [-0.15, -0.1) is 0 Å². The van der Waals surface area contributed by atoms with Gasteiger partial charge in [-0.05, 0) is 56.9 Å². The molecule has 0 radical (unpaired) electrons. The van der Waals surface area contributed by atoms with Crippen molar-refractivity contribution in [3.63, 3.8) is 0 Å². The number of hydrogen-bond donors (Lipinski definition) is 2. The van der Waals surface area contributed by atoms with Crippen LogP contribution in [0.3, 0.4) is 0 Å². The van der Waals surface area contributed by atoms with Crippen molar-refractivity contribution in [3.05, 3.63) is 30.1 Å². The number of pyridine rings is 1. The van der Waals surface area contributed by atoms with Crippen LogP contribution in [0.4, 0.5) is 0 Å². The number of amides is 2. The van der Waals surface area contributed by atoms with Gasteiger partial charge >= 0.3 is 0 Å². The number of likely N-dealkylation sites (tertiary alicyclic amines) is 2. The van der Waals surface area contributed by atoms with Crippen molar-refractivity contribution in [2.45, 2.75) is 44.7 Å². The average molecular weight is 388 g/mol. The Balaban J connectivity index is 1.41.